The van der Waals surface area contributed by atoms with Crippen molar-refractivity contribution in [2.45, 2.75) is 121 Å². The molecule has 4 bridgehead atoms. The van der Waals surface area contributed by atoms with Gasteiger partial charge in [0.1, 0.15) is 0 Å². The van der Waals surface area contributed by atoms with Crippen LogP contribution in [-0.2, 0) is 9.53 Å². The van der Waals surface area contributed by atoms with Gasteiger partial charge < -0.3 is 9.64 Å². The molecule has 0 N–H and O–H groups in total. The number of hydrogen-bond acceptors (Lipinski definition) is 2. The van der Waals surface area contributed by atoms with Crippen LogP contribution in [-0.4, -0.2) is 37.9 Å². The molecule has 1 amide bonds. The highest BCUT2D eigenvalue weighted by Gasteiger charge is 2.64. The van der Waals surface area contributed by atoms with Crippen molar-refractivity contribution in [3.63, 3.8) is 0 Å². The highest BCUT2D eigenvalue weighted by atomic mass is 79.9. The van der Waals surface area contributed by atoms with Crippen molar-refractivity contribution < 1.29 is 9.53 Å². The Labute approximate surface area is 180 Å². The van der Waals surface area contributed by atoms with Gasteiger partial charge in [-0.2, -0.15) is 0 Å². The number of carbonyl (C=O) groups excluding carboxylic acids is 1. The Morgan fingerprint density at radius 2 is 1.18 bits per heavy atom. The first-order chi connectivity index (χ1) is 12.6. The summed E-state index contributed by atoms with van der Waals surface area (Å²) in [7, 11) is 0. The summed E-state index contributed by atoms with van der Waals surface area (Å²) >= 11 is 4.01. The quantitative estimate of drug-likeness (QED) is 0.484. The molecule has 5 aliphatic rings. The summed E-state index contributed by atoms with van der Waals surface area (Å²) in [6, 6.07) is 0. The van der Waals surface area contributed by atoms with E-state index in [4.69, 9.17) is 4.74 Å². The van der Waals surface area contributed by atoms with Crippen molar-refractivity contribution in [2.24, 2.45) is 23.2 Å². The molecule has 1 atom stereocenters. The highest BCUT2D eigenvalue weighted by Crippen LogP contribution is 2.63. The fourth-order valence-electron chi connectivity index (χ4n) is 7.54. The maximum absolute atomic E-state index is 14.2. The first kappa shape index (κ1) is 21.2. The molecule has 3 nitrogen and oxygen atoms in total. The fraction of sp³-hybridized carbons (Fsp3) is 0.958. The van der Waals surface area contributed by atoms with Gasteiger partial charge in [-0.15, -0.1) is 0 Å². The topological polar surface area (TPSA) is 29.5 Å². The zero-order valence-electron chi connectivity index (χ0n) is 19.2. The maximum Gasteiger partial charge on any atom is 0.238 e. The van der Waals surface area contributed by atoms with Crippen LogP contribution >= 0.6 is 15.9 Å². The lowest BCUT2D eigenvalue weighted by atomic mass is 9.48. The number of amides is 1. The minimum Gasteiger partial charge on any atom is -0.365 e. The molecule has 0 aromatic rings. The predicted octanol–water partition coefficient (Wildman–Crippen LogP) is 5.94. The molecule has 1 aliphatic heterocycles. The molecule has 5 fully saturated rings. The zero-order chi connectivity index (χ0) is 20.9. The molecule has 4 heteroatoms. The van der Waals surface area contributed by atoms with Crippen LogP contribution in [0.4, 0.5) is 0 Å². The van der Waals surface area contributed by atoms with Gasteiger partial charge >= 0.3 is 0 Å². The molecule has 1 heterocycles. The standard InChI is InChI=1S/C24H40BrNO2/c1-20(2)22(5,6)28-23(7,8)21(3,4)26(20)19(27)18(25)24-12-15-9-16(13-24)11-17(10-15)14-24/h15-18H,9-14H2,1-8H3/t15?,16?,17?,18-,24?/m0/s1. The second-order valence-electron chi connectivity index (χ2n) is 12.6. The van der Waals surface area contributed by atoms with E-state index in [9.17, 15) is 4.79 Å². The van der Waals surface area contributed by atoms with Gasteiger partial charge in [-0.05, 0) is 117 Å². The number of halogens is 1. The average molecular weight is 454 g/mol. The first-order valence-corrected chi connectivity index (χ1v) is 12.2. The van der Waals surface area contributed by atoms with Gasteiger partial charge in [0.15, 0.2) is 0 Å². The van der Waals surface area contributed by atoms with Crippen LogP contribution in [0, 0.1) is 23.2 Å². The van der Waals surface area contributed by atoms with Crippen LogP contribution in [0.1, 0.15) is 93.9 Å². The summed E-state index contributed by atoms with van der Waals surface area (Å²) in [5.74, 6) is 2.81. The van der Waals surface area contributed by atoms with E-state index in [1.807, 2.05) is 0 Å². The molecule has 160 valence electrons. The predicted molar refractivity (Wildman–Crippen MR) is 118 cm³/mol. The van der Waals surface area contributed by atoms with Crippen molar-refractivity contribution in [1.29, 1.82) is 0 Å². The molecule has 5 rings (SSSR count). The normalized spacial score (nSPS) is 43.0. The summed E-state index contributed by atoms with van der Waals surface area (Å²) in [6.45, 7) is 17.3. The molecule has 0 aromatic carbocycles. The van der Waals surface area contributed by atoms with Crippen LogP contribution in [0.2, 0.25) is 0 Å². The molecule has 0 spiro atoms. The third-order valence-electron chi connectivity index (χ3n) is 9.64. The minimum atomic E-state index is -0.421. The van der Waals surface area contributed by atoms with Gasteiger partial charge in [0.2, 0.25) is 5.91 Å². The lowest BCUT2D eigenvalue weighted by molar-refractivity contribution is -0.285. The summed E-state index contributed by atoms with van der Waals surface area (Å²) in [6.07, 6.45) is 7.92. The van der Waals surface area contributed by atoms with E-state index >= 15 is 0 Å². The summed E-state index contributed by atoms with van der Waals surface area (Å²) in [5, 5.41) is 0. The van der Waals surface area contributed by atoms with E-state index in [1.165, 1.54) is 38.5 Å². The zero-order valence-corrected chi connectivity index (χ0v) is 20.8. The molecule has 4 saturated carbocycles. The second-order valence-corrected chi connectivity index (χ2v) is 13.5. The Morgan fingerprint density at radius 1 is 0.821 bits per heavy atom. The second kappa shape index (κ2) is 5.99. The SMILES string of the molecule is CC1(C)OC(C)(C)C(C)(C)N(C(=O)[C@H](Br)C23CC4CC(CC(C4)C2)C3)C1(C)C. The van der Waals surface area contributed by atoms with Gasteiger partial charge in [0, 0.05) is 0 Å². The molecular weight excluding hydrogens is 414 g/mol. The van der Waals surface area contributed by atoms with E-state index in [2.05, 4.69) is 76.2 Å². The van der Waals surface area contributed by atoms with E-state index in [0.717, 1.165) is 17.8 Å². The number of nitrogens with zero attached hydrogens (tertiary/aromatic N) is 1. The lowest BCUT2D eigenvalue weighted by Gasteiger charge is -2.67. The van der Waals surface area contributed by atoms with Gasteiger partial charge in [-0.3, -0.25) is 4.79 Å². The molecule has 0 unspecified atom stereocenters. The molecule has 4 aliphatic carbocycles. The van der Waals surface area contributed by atoms with Crippen LogP contribution in [0.5, 0.6) is 0 Å². The fourth-order valence-corrected chi connectivity index (χ4v) is 8.30. The first-order valence-electron chi connectivity index (χ1n) is 11.3. The van der Waals surface area contributed by atoms with E-state index in [0.29, 0.717) is 0 Å². The third kappa shape index (κ3) is 2.72. The van der Waals surface area contributed by atoms with E-state index in [-0.39, 0.29) is 16.1 Å². The van der Waals surface area contributed by atoms with E-state index < -0.39 is 22.3 Å². The van der Waals surface area contributed by atoms with Crippen LogP contribution in [0.15, 0.2) is 0 Å². The van der Waals surface area contributed by atoms with Crippen LogP contribution < -0.4 is 0 Å². The Bertz CT molecular complexity index is 617. The van der Waals surface area contributed by atoms with Crippen LogP contribution in [0.3, 0.4) is 0 Å². The van der Waals surface area contributed by atoms with Crippen molar-refractivity contribution in [2.75, 3.05) is 0 Å². The summed E-state index contributed by atoms with van der Waals surface area (Å²) in [4.78, 5) is 16.4. The number of morpholine rings is 1. The number of hydrogen-bond donors (Lipinski definition) is 0. The number of carbonyl (C=O) groups is 1. The maximum atomic E-state index is 14.2. The summed E-state index contributed by atoms with van der Waals surface area (Å²) < 4.78 is 6.59. The van der Waals surface area contributed by atoms with Crippen molar-refractivity contribution in [3.05, 3.63) is 0 Å². The van der Waals surface area contributed by atoms with Gasteiger partial charge in [0.05, 0.1) is 27.1 Å². The Hall–Kier alpha value is -0.0900. The van der Waals surface area contributed by atoms with Crippen LogP contribution in [0.25, 0.3) is 0 Å². The Kier molecular flexibility index (Phi) is 4.53. The summed E-state index contributed by atoms with van der Waals surface area (Å²) in [5.41, 5.74) is -1.47. The van der Waals surface area contributed by atoms with Crippen molar-refractivity contribution >= 4 is 21.8 Å². The van der Waals surface area contributed by atoms with Gasteiger partial charge in [-0.1, -0.05) is 15.9 Å². The van der Waals surface area contributed by atoms with Crippen molar-refractivity contribution in [1.82, 2.24) is 4.90 Å². The molecule has 28 heavy (non-hydrogen) atoms. The monoisotopic (exact) mass is 453 g/mol. The Morgan fingerprint density at radius 3 is 1.54 bits per heavy atom. The Balaban J connectivity index is 1.71. The van der Waals surface area contributed by atoms with Gasteiger partial charge in [0.25, 0.3) is 0 Å². The minimum absolute atomic E-state index is 0.0864. The molecule has 1 saturated heterocycles. The third-order valence-corrected chi connectivity index (χ3v) is 11.0. The molecular formula is C24H40BrNO2. The highest BCUT2D eigenvalue weighted by molar-refractivity contribution is 9.10. The largest absolute Gasteiger partial charge is 0.365 e. The number of rotatable bonds is 2. The van der Waals surface area contributed by atoms with Crippen molar-refractivity contribution in [3.8, 4) is 0 Å². The number of ether oxygens (including phenoxy) is 1. The average Bonchev–Trinajstić information content (AvgIpc) is 2.50. The molecule has 0 aromatic heterocycles. The number of alkyl halides is 1. The molecule has 0 radical (unpaired) electrons. The lowest BCUT2D eigenvalue weighted by Crippen LogP contribution is -2.79. The smallest absolute Gasteiger partial charge is 0.238 e. The van der Waals surface area contributed by atoms with Gasteiger partial charge in [-0.25, -0.2) is 0 Å². The van der Waals surface area contributed by atoms with E-state index in [1.54, 1.807) is 0 Å².